The molecule has 0 atom stereocenters. The summed E-state index contributed by atoms with van der Waals surface area (Å²) in [6, 6.07) is 7.20. The lowest BCUT2D eigenvalue weighted by Crippen LogP contribution is -2.36. The largest absolute Gasteiger partial charge is 0.245 e. The minimum absolute atomic E-state index is 0.0447. The Morgan fingerprint density at radius 2 is 1.56 bits per heavy atom. The molecule has 0 unspecified atom stereocenters. The number of sulfonamides is 1. The van der Waals surface area contributed by atoms with E-state index in [0.717, 1.165) is 16.2 Å². The molecule has 0 saturated heterocycles. The number of benzene rings is 1. The van der Waals surface area contributed by atoms with Gasteiger partial charge in [-0.15, -0.1) is 0 Å². The highest BCUT2D eigenvalue weighted by molar-refractivity contribution is 7.92. The fourth-order valence-corrected chi connectivity index (χ4v) is 1.80. The monoisotopic (exact) mass is 242 g/mol. The molecule has 0 radical (unpaired) electrons. The fraction of sp³-hybridized carbons (Fsp3) is 0.455. The predicted octanol–water partition coefficient (Wildman–Crippen LogP) is 1.62. The van der Waals surface area contributed by atoms with E-state index in [1.165, 1.54) is 0 Å². The standard InChI is InChI=1S/C11H18N2O2S/c1-11(2,3)9-5-7-10(8-6-9)13(12)16(4,14)15/h5-8H,12H2,1-4H3. The van der Waals surface area contributed by atoms with Crippen molar-refractivity contribution in [1.29, 1.82) is 0 Å². The number of nitrogens with two attached hydrogens (primary N) is 1. The topological polar surface area (TPSA) is 63.4 Å². The van der Waals surface area contributed by atoms with Crippen molar-refractivity contribution in [2.24, 2.45) is 5.84 Å². The van der Waals surface area contributed by atoms with Crippen LogP contribution in [-0.4, -0.2) is 14.7 Å². The first-order valence-electron chi connectivity index (χ1n) is 4.98. The van der Waals surface area contributed by atoms with Crippen molar-refractivity contribution in [3.05, 3.63) is 29.8 Å². The first kappa shape index (κ1) is 13.0. The number of hydrazine groups is 1. The van der Waals surface area contributed by atoms with Crippen molar-refractivity contribution in [2.45, 2.75) is 26.2 Å². The highest BCUT2D eigenvalue weighted by Crippen LogP contribution is 2.24. The molecular formula is C11H18N2O2S. The van der Waals surface area contributed by atoms with Crippen LogP contribution in [0.4, 0.5) is 5.69 Å². The van der Waals surface area contributed by atoms with Gasteiger partial charge in [0.1, 0.15) is 0 Å². The lowest BCUT2D eigenvalue weighted by Gasteiger charge is -2.21. The molecule has 0 aliphatic carbocycles. The number of hydrogen-bond acceptors (Lipinski definition) is 3. The third-order valence-electron chi connectivity index (χ3n) is 2.35. The Morgan fingerprint density at radius 3 is 1.88 bits per heavy atom. The van der Waals surface area contributed by atoms with Crippen molar-refractivity contribution in [2.75, 3.05) is 10.7 Å². The van der Waals surface area contributed by atoms with Crippen LogP contribution in [0.5, 0.6) is 0 Å². The maximum Gasteiger partial charge on any atom is 0.245 e. The van der Waals surface area contributed by atoms with Gasteiger partial charge in [0, 0.05) is 0 Å². The van der Waals surface area contributed by atoms with Crippen LogP contribution in [-0.2, 0) is 15.4 Å². The van der Waals surface area contributed by atoms with Gasteiger partial charge in [0.2, 0.25) is 10.0 Å². The lowest BCUT2D eigenvalue weighted by molar-refractivity contribution is 0.590. The normalized spacial score (nSPS) is 12.6. The van der Waals surface area contributed by atoms with Crippen molar-refractivity contribution < 1.29 is 8.42 Å². The summed E-state index contributed by atoms with van der Waals surface area (Å²) in [6.07, 6.45) is 1.07. The molecule has 0 aliphatic heterocycles. The van der Waals surface area contributed by atoms with Gasteiger partial charge in [-0.25, -0.2) is 18.7 Å². The van der Waals surface area contributed by atoms with E-state index in [9.17, 15) is 8.42 Å². The number of anilines is 1. The van der Waals surface area contributed by atoms with Crippen molar-refractivity contribution in [3.63, 3.8) is 0 Å². The molecule has 5 heteroatoms. The highest BCUT2D eigenvalue weighted by atomic mass is 32.2. The average Bonchev–Trinajstić information content (AvgIpc) is 2.14. The van der Waals surface area contributed by atoms with Gasteiger partial charge in [-0.1, -0.05) is 32.9 Å². The highest BCUT2D eigenvalue weighted by Gasteiger charge is 2.16. The van der Waals surface area contributed by atoms with Crippen molar-refractivity contribution in [1.82, 2.24) is 0 Å². The van der Waals surface area contributed by atoms with Crippen LogP contribution in [0.15, 0.2) is 24.3 Å². The van der Waals surface area contributed by atoms with E-state index in [0.29, 0.717) is 5.69 Å². The number of nitrogens with zero attached hydrogens (tertiary/aromatic N) is 1. The Labute approximate surface area is 97.1 Å². The second-order valence-electron chi connectivity index (χ2n) is 4.86. The molecule has 0 spiro atoms. The molecule has 0 heterocycles. The number of rotatable bonds is 2. The van der Waals surface area contributed by atoms with E-state index in [1.54, 1.807) is 12.1 Å². The SMILES string of the molecule is CC(C)(C)c1ccc(N(N)S(C)(=O)=O)cc1. The minimum atomic E-state index is -3.39. The van der Waals surface area contributed by atoms with Gasteiger partial charge in [-0.05, 0) is 23.1 Å². The minimum Gasteiger partial charge on any atom is -0.233 e. The first-order valence-corrected chi connectivity index (χ1v) is 6.83. The molecule has 1 aromatic rings. The van der Waals surface area contributed by atoms with Crippen LogP contribution in [0, 0.1) is 0 Å². The maximum absolute atomic E-state index is 11.2. The van der Waals surface area contributed by atoms with Gasteiger partial charge in [-0.2, -0.15) is 0 Å². The molecule has 0 aliphatic rings. The molecule has 1 aromatic carbocycles. The van der Waals surface area contributed by atoms with Crippen LogP contribution in [0.25, 0.3) is 0 Å². The molecule has 90 valence electrons. The summed E-state index contributed by atoms with van der Waals surface area (Å²) in [4.78, 5) is 0. The van der Waals surface area contributed by atoms with Crippen LogP contribution in [0.1, 0.15) is 26.3 Å². The summed E-state index contributed by atoms with van der Waals surface area (Å²) in [6.45, 7) is 6.29. The summed E-state index contributed by atoms with van der Waals surface area (Å²) in [7, 11) is -3.39. The third-order valence-corrected chi connectivity index (χ3v) is 3.27. The zero-order valence-corrected chi connectivity index (χ0v) is 10.9. The zero-order valence-electron chi connectivity index (χ0n) is 10.1. The molecule has 16 heavy (non-hydrogen) atoms. The molecule has 4 nitrogen and oxygen atoms in total. The Hall–Kier alpha value is -1.07. The van der Waals surface area contributed by atoms with E-state index in [1.807, 2.05) is 12.1 Å². The Bertz CT molecular complexity index is 458. The van der Waals surface area contributed by atoms with E-state index in [-0.39, 0.29) is 5.41 Å². The first-order chi connectivity index (χ1) is 7.12. The van der Waals surface area contributed by atoms with Gasteiger partial charge in [0.25, 0.3) is 0 Å². The molecule has 2 N–H and O–H groups in total. The van der Waals surface area contributed by atoms with E-state index in [2.05, 4.69) is 20.8 Å². The number of hydrogen-bond donors (Lipinski definition) is 1. The third kappa shape index (κ3) is 2.96. The Balaban J connectivity index is 3.05. The summed E-state index contributed by atoms with van der Waals surface area (Å²) in [5, 5.41) is 0. The van der Waals surface area contributed by atoms with Crippen molar-refractivity contribution >= 4 is 15.7 Å². The van der Waals surface area contributed by atoms with Gasteiger partial charge in [0.15, 0.2) is 0 Å². The Kier molecular flexibility index (Phi) is 3.30. The van der Waals surface area contributed by atoms with E-state index >= 15 is 0 Å². The van der Waals surface area contributed by atoms with Gasteiger partial charge in [0.05, 0.1) is 11.9 Å². The summed E-state index contributed by atoms with van der Waals surface area (Å²) in [5.41, 5.74) is 1.65. The van der Waals surface area contributed by atoms with Gasteiger partial charge >= 0.3 is 0 Å². The quantitative estimate of drug-likeness (QED) is 0.633. The molecule has 0 amide bonds. The molecule has 0 fully saturated rings. The molecule has 1 rings (SSSR count). The second kappa shape index (κ2) is 4.07. The van der Waals surface area contributed by atoms with E-state index in [4.69, 9.17) is 5.84 Å². The Morgan fingerprint density at radius 1 is 1.12 bits per heavy atom. The van der Waals surface area contributed by atoms with Crippen LogP contribution in [0.3, 0.4) is 0 Å². The molecule has 0 aromatic heterocycles. The van der Waals surface area contributed by atoms with Crippen LogP contribution in [0.2, 0.25) is 0 Å². The summed E-state index contributed by atoms with van der Waals surface area (Å²) < 4.78 is 23.2. The fourth-order valence-electron chi connectivity index (χ4n) is 1.30. The summed E-state index contributed by atoms with van der Waals surface area (Å²) >= 11 is 0. The second-order valence-corrected chi connectivity index (χ2v) is 6.72. The van der Waals surface area contributed by atoms with Crippen molar-refractivity contribution in [3.8, 4) is 0 Å². The van der Waals surface area contributed by atoms with Crippen LogP contribution < -0.4 is 10.3 Å². The molecular weight excluding hydrogens is 224 g/mol. The summed E-state index contributed by atoms with van der Waals surface area (Å²) in [5.74, 6) is 5.48. The molecule has 0 saturated carbocycles. The average molecular weight is 242 g/mol. The van der Waals surface area contributed by atoms with E-state index < -0.39 is 10.0 Å². The smallest absolute Gasteiger partial charge is 0.233 e. The predicted molar refractivity (Wildman–Crippen MR) is 66.7 cm³/mol. The molecule has 0 bridgehead atoms. The van der Waals surface area contributed by atoms with Gasteiger partial charge in [-0.3, -0.25) is 0 Å². The lowest BCUT2D eigenvalue weighted by atomic mass is 9.87. The zero-order chi connectivity index (χ0) is 12.6. The van der Waals surface area contributed by atoms with Crippen LogP contribution >= 0.6 is 0 Å². The maximum atomic E-state index is 11.2. The van der Waals surface area contributed by atoms with Gasteiger partial charge < -0.3 is 0 Å².